The average molecular weight is 538 g/mol. The van der Waals surface area contributed by atoms with Crippen LogP contribution >= 0.6 is 15.9 Å². The summed E-state index contributed by atoms with van der Waals surface area (Å²) in [5, 5.41) is 14.3. The molecule has 0 saturated heterocycles. The zero-order valence-corrected chi connectivity index (χ0v) is 20.1. The Bertz CT molecular complexity index is 1270. The van der Waals surface area contributed by atoms with Gasteiger partial charge in [-0.3, -0.25) is 9.59 Å². The minimum Gasteiger partial charge on any atom is -0.493 e. The number of ether oxygens (including phenoxy) is 3. The Morgan fingerprint density at radius 2 is 1.63 bits per heavy atom. The molecular weight excluding hydrogens is 518 g/mol. The lowest BCUT2D eigenvalue weighted by molar-refractivity contribution is -0.119. The number of benzene rings is 3. The summed E-state index contributed by atoms with van der Waals surface area (Å²) < 4.78 is 16.7. The van der Waals surface area contributed by atoms with Gasteiger partial charge >= 0.3 is 5.97 Å². The lowest BCUT2D eigenvalue weighted by atomic mass is 10.2. The summed E-state index contributed by atoms with van der Waals surface area (Å²) in [5.74, 6) is -1.26. The number of nitriles is 1. The van der Waals surface area contributed by atoms with Gasteiger partial charge in [-0.2, -0.15) is 5.26 Å². The molecule has 2 N–H and O–H groups in total. The van der Waals surface area contributed by atoms with Crippen molar-refractivity contribution in [2.45, 2.75) is 0 Å². The topological polar surface area (TPSA) is 127 Å². The van der Waals surface area contributed by atoms with Crippen LogP contribution in [0.2, 0.25) is 0 Å². The number of carbonyl (C=O) groups excluding carboxylic acids is 3. The van der Waals surface area contributed by atoms with Crippen LogP contribution in [-0.2, 0) is 14.3 Å². The molecule has 9 nitrogen and oxygen atoms in total. The van der Waals surface area contributed by atoms with E-state index in [1.807, 2.05) is 6.07 Å². The molecule has 10 heteroatoms. The minimum absolute atomic E-state index is 0.124. The van der Waals surface area contributed by atoms with Gasteiger partial charge in [-0.25, -0.2) is 4.79 Å². The SMILES string of the molecule is COc1cc(C(=O)OCC(=O)Nc2ccccc2C#N)ccc1OCC(=O)Nc1ccc(Br)cc1. The summed E-state index contributed by atoms with van der Waals surface area (Å²) in [6.07, 6.45) is 0. The average Bonchev–Trinajstić information content (AvgIpc) is 2.87. The highest BCUT2D eigenvalue weighted by molar-refractivity contribution is 9.10. The number of methoxy groups -OCH3 is 1. The molecule has 3 rings (SSSR count). The standard InChI is InChI=1S/C25H20BrN3O6/c1-33-22-12-16(25(32)35-15-24(31)29-20-5-3-2-4-17(20)13-27)6-11-21(22)34-14-23(30)28-19-9-7-18(26)8-10-19/h2-12H,14-15H2,1H3,(H,28,30)(H,29,31). The maximum absolute atomic E-state index is 12.4. The number of carbonyl (C=O) groups is 3. The van der Waals surface area contributed by atoms with Gasteiger partial charge < -0.3 is 24.8 Å². The van der Waals surface area contributed by atoms with E-state index in [1.165, 1.54) is 25.3 Å². The molecule has 0 aromatic heterocycles. The molecule has 0 saturated carbocycles. The van der Waals surface area contributed by atoms with Crippen molar-refractivity contribution in [2.75, 3.05) is 31.0 Å². The second-order valence-corrected chi connectivity index (χ2v) is 7.91. The van der Waals surface area contributed by atoms with Crippen LogP contribution in [0, 0.1) is 11.3 Å². The Morgan fingerprint density at radius 3 is 2.34 bits per heavy atom. The highest BCUT2D eigenvalue weighted by atomic mass is 79.9. The van der Waals surface area contributed by atoms with Crippen LogP contribution in [0.25, 0.3) is 0 Å². The Labute approximate surface area is 209 Å². The van der Waals surface area contributed by atoms with Crippen molar-refractivity contribution in [3.8, 4) is 17.6 Å². The first-order chi connectivity index (χ1) is 16.9. The van der Waals surface area contributed by atoms with Gasteiger partial charge in [-0.05, 0) is 54.6 Å². The smallest absolute Gasteiger partial charge is 0.338 e. The molecule has 0 bridgehead atoms. The molecule has 35 heavy (non-hydrogen) atoms. The lowest BCUT2D eigenvalue weighted by Gasteiger charge is -2.12. The number of hydrogen-bond donors (Lipinski definition) is 2. The molecule has 0 atom stereocenters. The van der Waals surface area contributed by atoms with Crippen molar-refractivity contribution in [1.29, 1.82) is 5.26 Å². The quantitative estimate of drug-likeness (QED) is 0.392. The molecule has 0 aliphatic heterocycles. The summed E-state index contributed by atoms with van der Waals surface area (Å²) >= 11 is 3.33. The summed E-state index contributed by atoms with van der Waals surface area (Å²) in [6, 6.07) is 19.8. The molecular formula is C25H20BrN3O6. The minimum atomic E-state index is -0.758. The zero-order chi connectivity index (χ0) is 25.2. The van der Waals surface area contributed by atoms with Crippen LogP contribution in [0.3, 0.4) is 0 Å². The fraction of sp³-hybridized carbons (Fsp3) is 0.120. The van der Waals surface area contributed by atoms with Crippen molar-refractivity contribution in [3.05, 3.63) is 82.3 Å². The molecule has 3 aromatic carbocycles. The van der Waals surface area contributed by atoms with Crippen molar-refractivity contribution >= 4 is 45.1 Å². The van der Waals surface area contributed by atoms with Gasteiger partial charge in [-0.1, -0.05) is 28.1 Å². The van der Waals surface area contributed by atoms with Crippen LogP contribution in [0.15, 0.2) is 71.2 Å². The van der Waals surface area contributed by atoms with Crippen LogP contribution in [0.5, 0.6) is 11.5 Å². The third kappa shape index (κ3) is 7.31. The van der Waals surface area contributed by atoms with Gasteiger partial charge in [0.1, 0.15) is 6.07 Å². The van der Waals surface area contributed by atoms with Gasteiger partial charge in [0.25, 0.3) is 11.8 Å². The molecule has 0 fully saturated rings. The lowest BCUT2D eigenvalue weighted by Crippen LogP contribution is -2.21. The number of para-hydroxylation sites is 1. The predicted molar refractivity (Wildman–Crippen MR) is 131 cm³/mol. The van der Waals surface area contributed by atoms with E-state index in [4.69, 9.17) is 19.5 Å². The second kappa shape index (κ2) is 12.2. The van der Waals surface area contributed by atoms with Gasteiger partial charge in [0, 0.05) is 10.2 Å². The molecule has 0 spiro atoms. The Balaban J connectivity index is 1.54. The Morgan fingerprint density at radius 1 is 0.914 bits per heavy atom. The normalized spacial score (nSPS) is 9.97. The molecule has 2 amide bonds. The third-order valence-corrected chi connectivity index (χ3v) is 5.07. The van der Waals surface area contributed by atoms with Gasteiger partial charge in [0.15, 0.2) is 24.7 Å². The number of esters is 1. The molecule has 0 aliphatic carbocycles. The van der Waals surface area contributed by atoms with Gasteiger partial charge in [-0.15, -0.1) is 0 Å². The summed E-state index contributed by atoms with van der Waals surface area (Å²) in [7, 11) is 1.39. The van der Waals surface area contributed by atoms with Crippen molar-refractivity contribution in [3.63, 3.8) is 0 Å². The van der Waals surface area contributed by atoms with Crippen molar-refractivity contribution in [2.24, 2.45) is 0 Å². The number of nitrogens with zero attached hydrogens (tertiary/aromatic N) is 1. The highest BCUT2D eigenvalue weighted by Gasteiger charge is 2.15. The second-order valence-electron chi connectivity index (χ2n) is 6.99. The predicted octanol–water partition coefficient (Wildman–Crippen LogP) is 4.14. The largest absolute Gasteiger partial charge is 0.493 e. The Hall–Kier alpha value is -4.36. The number of anilines is 2. The van der Waals surface area contributed by atoms with E-state index in [0.717, 1.165) is 4.47 Å². The highest BCUT2D eigenvalue weighted by Crippen LogP contribution is 2.28. The number of amides is 2. The Kier molecular flexibility index (Phi) is 8.81. The van der Waals surface area contributed by atoms with Crippen LogP contribution < -0.4 is 20.1 Å². The summed E-state index contributed by atoms with van der Waals surface area (Å²) in [4.78, 5) is 36.6. The van der Waals surface area contributed by atoms with Crippen LogP contribution in [0.1, 0.15) is 15.9 Å². The molecule has 0 aliphatic rings. The fourth-order valence-electron chi connectivity index (χ4n) is 2.88. The maximum atomic E-state index is 12.4. The number of hydrogen-bond acceptors (Lipinski definition) is 7. The van der Waals surface area contributed by atoms with Crippen LogP contribution in [0.4, 0.5) is 11.4 Å². The third-order valence-electron chi connectivity index (χ3n) is 4.54. The first-order valence-electron chi connectivity index (χ1n) is 10.2. The van der Waals surface area contributed by atoms with E-state index in [2.05, 4.69) is 26.6 Å². The van der Waals surface area contributed by atoms with E-state index in [1.54, 1.807) is 48.5 Å². The molecule has 3 aromatic rings. The van der Waals surface area contributed by atoms with E-state index in [9.17, 15) is 14.4 Å². The molecule has 0 unspecified atom stereocenters. The van der Waals surface area contributed by atoms with E-state index < -0.39 is 18.5 Å². The first kappa shape index (κ1) is 25.3. The monoisotopic (exact) mass is 537 g/mol. The van der Waals surface area contributed by atoms with E-state index in [-0.39, 0.29) is 35.1 Å². The van der Waals surface area contributed by atoms with Gasteiger partial charge in [0.2, 0.25) is 0 Å². The first-order valence-corrected chi connectivity index (χ1v) is 11.0. The molecule has 0 radical (unpaired) electrons. The number of rotatable bonds is 9. The number of nitrogens with one attached hydrogen (secondary N) is 2. The van der Waals surface area contributed by atoms with E-state index in [0.29, 0.717) is 11.4 Å². The van der Waals surface area contributed by atoms with Crippen molar-refractivity contribution in [1.82, 2.24) is 0 Å². The van der Waals surface area contributed by atoms with Gasteiger partial charge in [0.05, 0.1) is 23.9 Å². The van der Waals surface area contributed by atoms with E-state index >= 15 is 0 Å². The molecule has 0 heterocycles. The fourth-order valence-corrected chi connectivity index (χ4v) is 3.14. The zero-order valence-electron chi connectivity index (χ0n) is 18.5. The van der Waals surface area contributed by atoms with Crippen LogP contribution in [-0.4, -0.2) is 38.1 Å². The molecule has 178 valence electrons. The number of halogens is 1. The summed E-state index contributed by atoms with van der Waals surface area (Å²) in [6.45, 7) is -0.823. The van der Waals surface area contributed by atoms with Crippen molar-refractivity contribution < 1.29 is 28.6 Å². The summed E-state index contributed by atoms with van der Waals surface area (Å²) in [5.41, 5.74) is 1.35. The maximum Gasteiger partial charge on any atom is 0.338 e.